The van der Waals surface area contributed by atoms with E-state index < -0.39 is 6.17 Å². The van der Waals surface area contributed by atoms with Crippen LogP contribution in [-0.4, -0.2) is 41.4 Å². The monoisotopic (exact) mass is 483 g/mol. The van der Waals surface area contributed by atoms with E-state index in [-0.39, 0.29) is 16.6 Å². The largest absolute Gasteiger partial charge is 0.359 e. The maximum atomic E-state index is 14.0. The molecule has 3 aliphatic heterocycles. The second kappa shape index (κ2) is 7.54. The van der Waals surface area contributed by atoms with Crippen molar-refractivity contribution in [3.8, 4) is 0 Å². The fourth-order valence-electron chi connectivity index (χ4n) is 9.74. The minimum absolute atomic E-state index is 0.103. The zero-order valence-electron chi connectivity index (χ0n) is 21.5. The van der Waals surface area contributed by atoms with Gasteiger partial charge in [0.1, 0.15) is 6.17 Å². The van der Waals surface area contributed by atoms with Crippen molar-refractivity contribution in [2.24, 2.45) is 11.3 Å². The molecule has 3 heteroatoms. The molecule has 4 fully saturated rings. The Morgan fingerprint density at radius 2 is 1.89 bits per heavy atom. The summed E-state index contributed by atoms with van der Waals surface area (Å²) in [6.45, 7) is 4.12. The standard InChI is InChI=1S/C33H38FNO/c1-31-14-12-26-19-25-8-9-28(35-17-13-27(34)21-35)20-32(25)15-16-33(26,36-32)30(31)11-10-29(31)24-7-6-22-4-2-3-5-23(22)18-24/h2-7,12,18-19,27-30H,8-11,13-17,20-21H2,1H3/t27-,28+,29+,30+,31+,32+,33+/m0/s1. The lowest BCUT2D eigenvalue weighted by molar-refractivity contribution is -0.140. The van der Waals surface area contributed by atoms with Gasteiger partial charge in [0.15, 0.2) is 0 Å². The Labute approximate surface area is 214 Å². The van der Waals surface area contributed by atoms with Gasteiger partial charge in [0.05, 0.1) is 11.2 Å². The third-order valence-corrected chi connectivity index (χ3v) is 11.5. The third kappa shape index (κ3) is 2.91. The normalized spacial score (nSPS) is 43.6. The molecule has 0 N–H and O–H groups in total. The number of benzene rings is 2. The Balaban J connectivity index is 1.14. The number of hydrogen-bond acceptors (Lipinski definition) is 2. The van der Waals surface area contributed by atoms with E-state index in [9.17, 15) is 4.39 Å². The fourth-order valence-corrected chi connectivity index (χ4v) is 9.74. The van der Waals surface area contributed by atoms with Crippen molar-refractivity contribution in [3.63, 3.8) is 0 Å². The first-order valence-electron chi connectivity index (χ1n) is 14.5. The van der Waals surface area contributed by atoms with Crippen LogP contribution in [0.25, 0.3) is 10.8 Å². The van der Waals surface area contributed by atoms with E-state index in [0.717, 1.165) is 45.1 Å². The van der Waals surface area contributed by atoms with Crippen molar-refractivity contribution in [1.82, 2.24) is 4.90 Å². The van der Waals surface area contributed by atoms with Crippen LogP contribution in [0, 0.1) is 11.3 Å². The van der Waals surface area contributed by atoms with Crippen LogP contribution in [0.15, 0.2) is 65.8 Å². The molecular weight excluding hydrogens is 445 g/mol. The van der Waals surface area contributed by atoms with Crippen LogP contribution in [-0.2, 0) is 4.74 Å². The number of ether oxygens (including phenoxy) is 1. The lowest BCUT2D eigenvalue weighted by atomic mass is 9.58. The fraction of sp³-hybridized carbons (Fsp3) is 0.576. The summed E-state index contributed by atoms with van der Waals surface area (Å²) in [6.07, 6.45) is 14.5. The first kappa shape index (κ1) is 22.1. The Morgan fingerprint density at radius 3 is 2.75 bits per heavy atom. The molecule has 2 bridgehead atoms. The highest BCUT2D eigenvalue weighted by Gasteiger charge is 2.66. The van der Waals surface area contributed by atoms with Gasteiger partial charge in [-0.25, -0.2) is 4.39 Å². The van der Waals surface area contributed by atoms with E-state index in [1.165, 1.54) is 34.8 Å². The van der Waals surface area contributed by atoms with Gasteiger partial charge >= 0.3 is 0 Å². The quantitative estimate of drug-likeness (QED) is 0.439. The molecular formula is C33H38FNO. The molecule has 8 rings (SSSR count). The van der Waals surface area contributed by atoms with Gasteiger partial charge in [-0.1, -0.05) is 61.5 Å². The molecule has 36 heavy (non-hydrogen) atoms. The van der Waals surface area contributed by atoms with E-state index in [1.807, 2.05) is 0 Å². The molecule has 2 spiro atoms. The Kier molecular flexibility index (Phi) is 4.62. The van der Waals surface area contributed by atoms with E-state index in [0.29, 0.717) is 30.8 Å². The molecule has 2 saturated heterocycles. The van der Waals surface area contributed by atoms with Crippen molar-refractivity contribution < 1.29 is 9.13 Å². The predicted molar refractivity (Wildman–Crippen MR) is 143 cm³/mol. The molecule has 3 heterocycles. The van der Waals surface area contributed by atoms with Gasteiger partial charge in [-0.05, 0) is 103 Å². The van der Waals surface area contributed by atoms with Crippen molar-refractivity contribution in [1.29, 1.82) is 0 Å². The lowest BCUT2D eigenvalue weighted by Crippen LogP contribution is -2.55. The number of allylic oxidation sites excluding steroid dienone is 1. The van der Waals surface area contributed by atoms with Gasteiger partial charge in [-0.3, -0.25) is 4.90 Å². The van der Waals surface area contributed by atoms with Gasteiger partial charge in [0, 0.05) is 19.1 Å². The highest BCUT2D eigenvalue weighted by molar-refractivity contribution is 5.83. The van der Waals surface area contributed by atoms with Crippen LogP contribution in [0.1, 0.15) is 76.2 Å². The first-order valence-corrected chi connectivity index (χ1v) is 14.5. The van der Waals surface area contributed by atoms with Gasteiger partial charge in [0.25, 0.3) is 0 Å². The van der Waals surface area contributed by atoms with Crippen LogP contribution in [0.3, 0.4) is 0 Å². The van der Waals surface area contributed by atoms with E-state index in [2.05, 4.69) is 66.4 Å². The SMILES string of the molecule is C[C@]12CC=C3C=C4CC[C@@H](N5CC[C@H](F)C5)C[C@]45CC[C@]3(O5)[C@@H]1CC[C@@H]2c1ccc2ccccc2c1. The minimum Gasteiger partial charge on any atom is -0.359 e. The number of fused-ring (bicyclic) bond motifs is 2. The summed E-state index contributed by atoms with van der Waals surface area (Å²) < 4.78 is 21.5. The minimum atomic E-state index is -0.638. The summed E-state index contributed by atoms with van der Waals surface area (Å²) in [5, 5.41) is 2.69. The molecule has 0 aromatic heterocycles. The molecule has 3 aliphatic carbocycles. The molecule has 0 unspecified atom stereocenters. The van der Waals surface area contributed by atoms with Gasteiger partial charge in [-0.15, -0.1) is 0 Å². The van der Waals surface area contributed by atoms with Gasteiger partial charge in [-0.2, -0.15) is 0 Å². The molecule has 6 aliphatic rings. The van der Waals surface area contributed by atoms with Crippen LogP contribution < -0.4 is 0 Å². The number of halogens is 1. The molecule has 2 saturated carbocycles. The molecule has 0 amide bonds. The van der Waals surface area contributed by atoms with E-state index >= 15 is 0 Å². The van der Waals surface area contributed by atoms with Gasteiger partial charge in [0.2, 0.25) is 0 Å². The number of nitrogens with zero attached hydrogens (tertiary/aromatic N) is 1. The van der Waals surface area contributed by atoms with Gasteiger partial charge < -0.3 is 4.74 Å². The molecule has 7 atom stereocenters. The maximum absolute atomic E-state index is 14.0. The maximum Gasteiger partial charge on any atom is 0.114 e. The summed E-state index contributed by atoms with van der Waals surface area (Å²) in [5.74, 6) is 1.15. The molecule has 188 valence electrons. The van der Waals surface area contributed by atoms with Crippen molar-refractivity contribution >= 4 is 10.8 Å². The molecule has 2 aromatic rings. The van der Waals surface area contributed by atoms with E-state index in [4.69, 9.17) is 4.74 Å². The zero-order valence-corrected chi connectivity index (χ0v) is 21.5. The van der Waals surface area contributed by atoms with Crippen molar-refractivity contribution in [3.05, 3.63) is 71.3 Å². The summed E-state index contributed by atoms with van der Waals surface area (Å²) >= 11 is 0. The number of rotatable bonds is 2. The predicted octanol–water partition coefficient (Wildman–Crippen LogP) is 7.49. The first-order chi connectivity index (χ1) is 17.5. The second-order valence-corrected chi connectivity index (χ2v) is 13.1. The smallest absolute Gasteiger partial charge is 0.114 e. The van der Waals surface area contributed by atoms with Crippen LogP contribution in [0.2, 0.25) is 0 Å². The second-order valence-electron chi connectivity index (χ2n) is 13.1. The molecule has 2 aromatic carbocycles. The zero-order chi connectivity index (χ0) is 24.1. The topological polar surface area (TPSA) is 12.5 Å². The van der Waals surface area contributed by atoms with Crippen LogP contribution >= 0.6 is 0 Å². The van der Waals surface area contributed by atoms with Crippen LogP contribution in [0.5, 0.6) is 0 Å². The third-order valence-electron chi connectivity index (χ3n) is 11.5. The summed E-state index contributed by atoms with van der Waals surface area (Å²) in [7, 11) is 0. The number of hydrogen-bond donors (Lipinski definition) is 0. The molecule has 2 nitrogen and oxygen atoms in total. The summed E-state index contributed by atoms with van der Waals surface area (Å²) in [5.41, 5.74) is 4.57. The number of alkyl halides is 1. The highest BCUT2D eigenvalue weighted by atomic mass is 19.1. The number of likely N-dealkylation sites (tertiary alicyclic amines) is 1. The Bertz CT molecular complexity index is 1300. The van der Waals surface area contributed by atoms with Crippen molar-refractivity contribution in [2.45, 2.75) is 94.0 Å². The average Bonchev–Trinajstić information content (AvgIpc) is 3.57. The lowest BCUT2D eigenvalue weighted by Gasteiger charge is -2.55. The van der Waals surface area contributed by atoms with Crippen molar-refractivity contribution in [2.75, 3.05) is 13.1 Å². The van der Waals surface area contributed by atoms with E-state index in [1.54, 1.807) is 5.57 Å². The Hall–Kier alpha value is -1.97. The Morgan fingerprint density at radius 1 is 1.00 bits per heavy atom. The van der Waals surface area contributed by atoms with Crippen LogP contribution in [0.4, 0.5) is 4.39 Å². The summed E-state index contributed by atoms with van der Waals surface area (Å²) in [4.78, 5) is 2.44. The average molecular weight is 484 g/mol. The highest BCUT2D eigenvalue weighted by Crippen LogP contribution is 2.69. The summed E-state index contributed by atoms with van der Waals surface area (Å²) in [6, 6.07) is 16.4. The molecule has 0 radical (unpaired) electrons.